The fourth-order valence-corrected chi connectivity index (χ4v) is 5.17. The summed E-state index contributed by atoms with van der Waals surface area (Å²) in [5.74, 6) is -1.13. The van der Waals surface area contributed by atoms with Gasteiger partial charge in [-0.3, -0.25) is 14.5 Å². The number of rotatable bonds is 5. The number of hydrogen-bond donors (Lipinski definition) is 2. The Hall–Kier alpha value is -3.58. The second-order valence-electron chi connectivity index (χ2n) is 8.74. The molecule has 0 spiro atoms. The Balaban J connectivity index is 1.98. The van der Waals surface area contributed by atoms with Gasteiger partial charge in [0.2, 0.25) is 0 Å². The predicted molar refractivity (Wildman–Crippen MR) is 134 cm³/mol. The minimum atomic E-state index is -0.864. The van der Waals surface area contributed by atoms with Crippen molar-refractivity contribution in [1.29, 1.82) is 0 Å². The number of aryl methyl sites for hydroxylation is 2. The Morgan fingerprint density at radius 1 is 1.12 bits per heavy atom. The van der Waals surface area contributed by atoms with E-state index in [2.05, 4.69) is 0 Å². The molecule has 1 saturated heterocycles. The molecule has 176 valence electrons. The highest BCUT2D eigenvalue weighted by Crippen LogP contribution is 2.46. The molecule has 1 unspecified atom stereocenters. The summed E-state index contributed by atoms with van der Waals surface area (Å²) in [4.78, 5) is 28.6. The van der Waals surface area contributed by atoms with Gasteiger partial charge >= 0.3 is 0 Å². The number of hydrogen-bond acceptors (Lipinski definition) is 6. The number of thiophene rings is 1. The molecule has 1 aromatic heterocycles. The van der Waals surface area contributed by atoms with E-state index in [9.17, 15) is 19.8 Å². The standard InChI is InChI=1S/C27H27NO5S/c1-14(2)17-13-18(16(4)12-21(17)33-5)25(30)23-24(22-7-6-10-34-22)28(27(32)26(23)31)19-11-15(3)8-9-20(19)29/h6-14,24,29-30H,1-5H3/b25-23+. The molecular weight excluding hydrogens is 450 g/mol. The van der Waals surface area contributed by atoms with Gasteiger partial charge in [0.15, 0.2) is 0 Å². The number of anilines is 1. The molecule has 34 heavy (non-hydrogen) atoms. The van der Waals surface area contributed by atoms with Gasteiger partial charge in [0.1, 0.15) is 23.3 Å². The van der Waals surface area contributed by atoms with E-state index in [0.717, 1.165) is 11.1 Å². The molecule has 2 N–H and O–H groups in total. The van der Waals surface area contributed by atoms with E-state index in [1.54, 1.807) is 19.2 Å². The topological polar surface area (TPSA) is 87.1 Å². The highest BCUT2D eigenvalue weighted by molar-refractivity contribution is 7.10. The van der Waals surface area contributed by atoms with Crippen LogP contribution in [0, 0.1) is 13.8 Å². The molecule has 1 atom stereocenters. The van der Waals surface area contributed by atoms with Crippen molar-refractivity contribution in [2.75, 3.05) is 12.0 Å². The van der Waals surface area contributed by atoms with Crippen LogP contribution in [0.5, 0.6) is 11.5 Å². The quantitative estimate of drug-likeness (QED) is 0.274. The average molecular weight is 478 g/mol. The molecule has 6 nitrogen and oxygen atoms in total. The largest absolute Gasteiger partial charge is 0.507 e. The first-order chi connectivity index (χ1) is 16.1. The smallest absolute Gasteiger partial charge is 0.300 e. The molecule has 1 aliphatic heterocycles. The van der Waals surface area contributed by atoms with Crippen LogP contribution in [0.25, 0.3) is 5.76 Å². The van der Waals surface area contributed by atoms with Crippen molar-refractivity contribution in [3.05, 3.63) is 80.5 Å². The molecule has 1 fully saturated rings. The third-order valence-electron chi connectivity index (χ3n) is 6.10. The number of aliphatic hydroxyl groups excluding tert-OH is 1. The van der Waals surface area contributed by atoms with Crippen molar-refractivity contribution in [2.24, 2.45) is 0 Å². The van der Waals surface area contributed by atoms with Crippen LogP contribution in [0.3, 0.4) is 0 Å². The summed E-state index contributed by atoms with van der Waals surface area (Å²) in [5.41, 5.74) is 3.12. The first-order valence-corrected chi connectivity index (χ1v) is 11.9. The highest BCUT2D eigenvalue weighted by atomic mass is 32.1. The van der Waals surface area contributed by atoms with Gasteiger partial charge in [-0.1, -0.05) is 26.0 Å². The van der Waals surface area contributed by atoms with Crippen LogP contribution in [0.4, 0.5) is 5.69 Å². The molecule has 2 heterocycles. The van der Waals surface area contributed by atoms with Gasteiger partial charge in [0.05, 0.1) is 18.4 Å². The zero-order valence-electron chi connectivity index (χ0n) is 19.7. The fraction of sp³-hybridized carbons (Fsp3) is 0.259. The van der Waals surface area contributed by atoms with Gasteiger partial charge in [-0.05, 0) is 72.2 Å². The molecule has 0 aliphatic carbocycles. The van der Waals surface area contributed by atoms with Crippen molar-refractivity contribution in [1.82, 2.24) is 0 Å². The van der Waals surface area contributed by atoms with Crippen molar-refractivity contribution in [3.63, 3.8) is 0 Å². The normalized spacial score (nSPS) is 17.6. The monoisotopic (exact) mass is 477 g/mol. The number of methoxy groups -OCH3 is 1. The summed E-state index contributed by atoms with van der Waals surface area (Å²) in [6.07, 6.45) is 0. The second-order valence-corrected chi connectivity index (χ2v) is 9.72. The third-order valence-corrected chi connectivity index (χ3v) is 7.03. The predicted octanol–water partition coefficient (Wildman–Crippen LogP) is 5.83. The Bertz CT molecular complexity index is 1310. The number of ketones is 1. The molecule has 1 aliphatic rings. The van der Waals surface area contributed by atoms with Crippen molar-refractivity contribution >= 4 is 34.5 Å². The van der Waals surface area contributed by atoms with Crippen LogP contribution in [-0.2, 0) is 9.59 Å². The van der Waals surface area contributed by atoms with Gasteiger partial charge in [-0.2, -0.15) is 0 Å². The summed E-state index contributed by atoms with van der Waals surface area (Å²) in [6.45, 7) is 7.70. The van der Waals surface area contributed by atoms with Gasteiger partial charge in [-0.15, -0.1) is 11.3 Å². The molecule has 3 aromatic rings. The second kappa shape index (κ2) is 8.99. The van der Waals surface area contributed by atoms with Crippen LogP contribution >= 0.6 is 11.3 Å². The summed E-state index contributed by atoms with van der Waals surface area (Å²) >= 11 is 1.37. The van der Waals surface area contributed by atoms with Crippen LogP contribution in [0.2, 0.25) is 0 Å². The number of phenolic OH excluding ortho intramolecular Hbond substituents is 1. The number of carbonyl (C=O) groups excluding carboxylic acids is 2. The third kappa shape index (κ3) is 3.86. The number of aliphatic hydroxyl groups is 1. The van der Waals surface area contributed by atoms with E-state index in [4.69, 9.17) is 4.74 Å². The number of ether oxygens (including phenoxy) is 1. The van der Waals surface area contributed by atoms with E-state index >= 15 is 0 Å². The minimum Gasteiger partial charge on any atom is -0.507 e. The molecule has 7 heteroatoms. The average Bonchev–Trinajstić information content (AvgIpc) is 3.41. The molecule has 0 bridgehead atoms. The van der Waals surface area contributed by atoms with Crippen LogP contribution in [0.15, 0.2) is 53.4 Å². The number of phenols is 1. The number of benzene rings is 2. The van der Waals surface area contributed by atoms with Crippen molar-refractivity contribution in [3.8, 4) is 11.5 Å². The lowest BCUT2D eigenvalue weighted by Gasteiger charge is -2.25. The van der Waals surface area contributed by atoms with Crippen LogP contribution in [-0.4, -0.2) is 29.0 Å². The maximum Gasteiger partial charge on any atom is 0.300 e. The maximum absolute atomic E-state index is 13.3. The number of carbonyl (C=O) groups is 2. The van der Waals surface area contributed by atoms with E-state index in [0.29, 0.717) is 21.8 Å². The molecular formula is C27H27NO5S. The Labute approximate surface area is 202 Å². The SMILES string of the molecule is COc1cc(C)c(/C(O)=C2\C(=O)C(=O)N(c3cc(C)ccc3O)C2c2cccs2)cc1C(C)C. The molecule has 4 rings (SSSR count). The summed E-state index contributed by atoms with van der Waals surface area (Å²) < 4.78 is 5.51. The number of amides is 1. The molecule has 2 aromatic carbocycles. The van der Waals surface area contributed by atoms with E-state index in [1.165, 1.54) is 22.3 Å². The minimum absolute atomic E-state index is 0.00340. The number of nitrogens with zero attached hydrogens (tertiary/aromatic N) is 1. The van der Waals surface area contributed by atoms with Crippen LogP contribution < -0.4 is 9.64 Å². The first kappa shape index (κ1) is 23.6. The van der Waals surface area contributed by atoms with Gasteiger partial charge in [0.25, 0.3) is 11.7 Å². The zero-order chi connectivity index (χ0) is 24.7. The van der Waals surface area contributed by atoms with Crippen molar-refractivity contribution < 1.29 is 24.5 Å². The Kier molecular flexibility index (Phi) is 6.23. The molecule has 1 amide bonds. The summed E-state index contributed by atoms with van der Waals surface area (Å²) in [5, 5.41) is 23.9. The van der Waals surface area contributed by atoms with Crippen molar-refractivity contribution in [2.45, 2.75) is 39.7 Å². The van der Waals surface area contributed by atoms with Crippen LogP contribution in [0.1, 0.15) is 52.9 Å². The van der Waals surface area contributed by atoms with E-state index in [-0.39, 0.29) is 28.7 Å². The highest BCUT2D eigenvalue weighted by Gasteiger charge is 2.48. The molecule has 0 saturated carbocycles. The summed E-state index contributed by atoms with van der Waals surface area (Å²) in [6, 6.07) is 11.3. The lowest BCUT2D eigenvalue weighted by atomic mass is 9.92. The van der Waals surface area contributed by atoms with E-state index < -0.39 is 17.7 Å². The summed E-state index contributed by atoms with van der Waals surface area (Å²) in [7, 11) is 1.59. The van der Waals surface area contributed by atoms with Gasteiger partial charge in [-0.25, -0.2) is 0 Å². The fourth-order valence-electron chi connectivity index (χ4n) is 4.35. The number of aromatic hydroxyl groups is 1. The van der Waals surface area contributed by atoms with E-state index in [1.807, 2.05) is 57.3 Å². The first-order valence-electron chi connectivity index (χ1n) is 11.0. The lowest BCUT2D eigenvalue weighted by Crippen LogP contribution is -2.29. The Morgan fingerprint density at radius 2 is 1.85 bits per heavy atom. The van der Waals surface area contributed by atoms with Gasteiger partial charge in [0, 0.05) is 10.4 Å². The lowest BCUT2D eigenvalue weighted by molar-refractivity contribution is -0.132. The maximum atomic E-state index is 13.3. The number of Topliss-reactive ketones (excluding diaryl/α,β-unsaturated/α-hetero) is 1. The molecule has 0 radical (unpaired) electrons. The van der Waals surface area contributed by atoms with Gasteiger partial charge < -0.3 is 14.9 Å². The Morgan fingerprint density at radius 3 is 2.47 bits per heavy atom. The zero-order valence-corrected chi connectivity index (χ0v) is 20.6.